The van der Waals surface area contributed by atoms with Gasteiger partial charge in [-0.15, -0.1) is 0 Å². The Bertz CT molecular complexity index is 950. The number of nitrogens with zero attached hydrogens (tertiary/aromatic N) is 4. The van der Waals surface area contributed by atoms with Crippen LogP contribution in [0.25, 0.3) is 11.3 Å². The van der Waals surface area contributed by atoms with Gasteiger partial charge in [0.25, 0.3) is 5.91 Å². The van der Waals surface area contributed by atoms with Crippen LogP contribution in [0.2, 0.25) is 0 Å². The van der Waals surface area contributed by atoms with Gasteiger partial charge in [0.05, 0.1) is 17.0 Å². The summed E-state index contributed by atoms with van der Waals surface area (Å²) in [6.45, 7) is 4.03. The molecule has 0 bridgehead atoms. The van der Waals surface area contributed by atoms with Crippen LogP contribution in [0.15, 0.2) is 54.9 Å². The van der Waals surface area contributed by atoms with Crippen LogP contribution in [0.1, 0.15) is 27.9 Å². The van der Waals surface area contributed by atoms with Crippen LogP contribution in [0, 0.1) is 6.92 Å². The summed E-state index contributed by atoms with van der Waals surface area (Å²) in [5.74, 6) is 0.899. The Hall–Kier alpha value is -2.99. The molecule has 4 rings (SSSR count). The first-order valence-corrected chi connectivity index (χ1v) is 9.17. The number of piperazine rings is 1. The van der Waals surface area contributed by atoms with E-state index in [1.807, 2.05) is 72.1 Å². The number of nitrogens with one attached hydrogen (secondary N) is 1. The average Bonchev–Trinajstić information content (AvgIpc) is 3.14. The molecule has 1 N–H and O–H groups in total. The zero-order valence-corrected chi connectivity index (χ0v) is 15.6. The second-order valence-electron chi connectivity index (χ2n) is 6.81. The summed E-state index contributed by atoms with van der Waals surface area (Å²) in [6, 6.07) is 13.7. The van der Waals surface area contributed by atoms with E-state index in [0.717, 1.165) is 29.3 Å². The molecule has 0 radical (unpaired) electrons. The zero-order valence-electron chi connectivity index (χ0n) is 15.6. The highest BCUT2D eigenvalue weighted by molar-refractivity contribution is 5.96. The SMILES string of the molecule is Cc1nc(-c2ccccc2)ccc1C(=O)N1CCNCC1c1nccn1C. The van der Waals surface area contributed by atoms with Crippen molar-refractivity contribution >= 4 is 5.91 Å². The molecule has 6 heteroatoms. The highest BCUT2D eigenvalue weighted by atomic mass is 16.2. The normalized spacial score (nSPS) is 17.1. The molecule has 1 fully saturated rings. The van der Waals surface area contributed by atoms with Gasteiger partial charge < -0.3 is 14.8 Å². The van der Waals surface area contributed by atoms with Gasteiger partial charge in [0.1, 0.15) is 11.9 Å². The molecule has 0 saturated carbocycles. The van der Waals surface area contributed by atoms with Gasteiger partial charge >= 0.3 is 0 Å². The lowest BCUT2D eigenvalue weighted by molar-refractivity contribution is 0.0619. The molecule has 1 aromatic carbocycles. The molecular formula is C21H23N5O. The Kier molecular flexibility index (Phi) is 4.73. The minimum atomic E-state index is -0.0838. The highest BCUT2D eigenvalue weighted by Gasteiger charge is 2.31. The molecule has 0 spiro atoms. The third-order valence-corrected chi connectivity index (χ3v) is 5.05. The molecule has 1 atom stereocenters. The maximum Gasteiger partial charge on any atom is 0.256 e. The van der Waals surface area contributed by atoms with Crippen LogP contribution < -0.4 is 5.32 Å². The molecule has 1 aliphatic heterocycles. The predicted molar refractivity (Wildman–Crippen MR) is 104 cm³/mol. The first kappa shape index (κ1) is 17.4. The van der Waals surface area contributed by atoms with Crippen molar-refractivity contribution in [1.82, 2.24) is 24.8 Å². The number of pyridine rings is 1. The number of hydrogen-bond donors (Lipinski definition) is 1. The van der Waals surface area contributed by atoms with E-state index < -0.39 is 0 Å². The van der Waals surface area contributed by atoms with Crippen molar-refractivity contribution < 1.29 is 4.79 Å². The Morgan fingerprint density at radius 2 is 2.00 bits per heavy atom. The number of amides is 1. The van der Waals surface area contributed by atoms with E-state index in [9.17, 15) is 4.79 Å². The molecule has 0 aliphatic carbocycles. The van der Waals surface area contributed by atoms with Crippen molar-refractivity contribution in [3.63, 3.8) is 0 Å². The number of aromatic nitrogens is 3. The first-order valence-electron chi connectivity index (χ1n) is 9.17. The van der Waals surface area contributed by atoms with Gasteiger partial charge in [-0.1, -0.05) is 30.3 Å². The van der Waals surface area contributed by atoms with Gasteiger partial charge in [-0.3, -0.25) is 9.78 Å². The van der Waals surface area contributed by atoms with E-state index in [0.29, 0.717) is 18.7 Å². The maximum atomic E-state index is 13.3. The van der Waals surface area contributed by atoms with Gasteiger partial charge in [0.2, 0.25) is 0 Å². The average molecular weight is 361 g/mol. The minimum absolute atomic E-state index is 0.00844. The zero-order chi connectivity index (χ0) is 18.8. The molecule has 1 aliphatic rings. The van der Waals surface area contributed by atoms with Crippen LogP contribution in [-0.4, -0.2) is 45.0 Å². The maximum absolute atomic E-state index is 13.3. The number of benzene rings is 1. The molecule has 1 unspecified atom stereocenters. The van der Waals surface area contributed by atoms with Gasteiger partial charge in [-0.2, -0.15) is 0 Å². The fourth-order valence-corrected chi connectivity index (χ4v) is 3.59. The summed E-state index contributed by atoms with van der Waals surface area (Å²) in [5.41, 5.74) is 3.33. The van der Waals surface area contributed by atoms with Crippen LogP contribution >= 0.6 is 0 Å². The van der Waals surface area contributed by atoms with Crippen molar-refractivity contribution in [3.8, 4) is 11.3 Å². The second-order valence-corrected chi connectivity index (χ2v) is 6.81. The standard InChI is InChI=1S/C21H23N5O/c1-15-17(8-9-18(24-15)16-6-4-3-5-7-16)21(27)26-13-10-22-14-19(26)20-23-11-12-25(20)2/h3-9,11-12,19,22H,10,13-14H2,1-2H3. The number of carbonyl (C=O) groups excluding carboxylic acids is 1. The van der Waals surface area contributed by atoms with E-state index in [2.05, 4.69) is 15.3 Å². The lowest BCUT2D eigenvalue weighted by atomic mass is 10.1. The number of aryl methyl sites for hydroxylation is 2. The number of carbonyl (C=O) groups is 1. The highest BCUT2D eigenvalue weighted by Crippen LogP contribution is 2.25. The van der Waals surface area contributed by atoms with Crippen molar-refractivity contribution in [2.45, 2.75) is 13.0 Å². The number of hydrogen-bond acceptors (Lipinski definition) is 4. The number of imidazole rings is 1. The summed E-state index contributed by atoms with van der Waals surface area (Å²) in [5, 5.41) is 3.37. The van der Waals surface area contributed by atoms with Gasteiger partial charge in [-0.05, 0) is 19.1 Å². The molecule has 1 saturated heterocycles. The van der Waals surface area contributed by atoms with Crippen molar-refractivity contribution in [2.75, 3.05) is 19.6 Å². The van der Waals surface area contributed by atoms with Crippen molar-refractivity contribution in [2.24, 2.45) is 7.05 Å². The Morgan fingerprint density at radius 1 is 1.19 bits per heavy atom. The van der Waals surface area contributed by atoms with E-state index in [1.165, 1.54) is 0 Å². The molecule has 138 valence electrons. The summed E-state index contributed by atoms with van der Waals surface area (Å²) < 4.78 is 1.97. The van der Waals surface area contributed by atoms with Crippen LogP contribution in [0.4, 0.5) is 0 Å². The van der Waals surface area contributed by atoms with E-state index >= 15 is 0 Å². The Balaban J connectivity index is 1.64. The van der Waals surface area contributed by atoms with E-state index in [-0.39, 0.29) is 11.9 Å². The molecule has 6 nitrogen and oxygen atoms in total. The second kappa shape index (κ2) is 7.32. The summed E-state index contributed by atoms with van der Waals surface area (Å²) in [7, 11) is 1.96. The fourth-order valence-electron chi connectivity index (χ4n) is 3.59. The van der Waals surface area contributed by atoms with Crippen molar-refractivity contribution in [1.29, 1.82) is 0 Å². The fraction of sp³-hybridized carbons (Fsp3) is 0.286. The van der Waals surface area contributed by atoms with Crippen molar-refractivity contribution in [3.05, 3.63) is 71.9 Å². The van der Waals surface area contributed by atoms with E-state index in [1.54, 1.807) is 6.20 Å². The quantitative estimate of drug-likeness (QED) is 0.779. The van der Waals surface area contributed by atoms with Gasteiger partial charge in [0.15, 0.2) is 0 Å². The lowest BCUT2D eigenvalue weighted by Gasteiger charge is -2.36. The molecule has 2 aromatic heterocycles. The van der Waals surface area contributed by atoms with Crippen LogP contribution in [-0.2, 0) is 7.05 Å². The molecule has 3 aromatic rings. The predicted octanol–water partition coefficient (Wildman–Crippen LogP) is 2.58. The van der Waals surface area contributed by atoms with Crippen LogP contribution in [0.5, 0.6) is 0 Å². The Morgan fingerprint density at radius 3 is 2.70 bits per heavy atom. The molecule has 3 heterocycles. The topological polar surface area (TPSA) is 63.1 Å². The summed E-state index contributed by atoms with van der Waals surface area (Å²) >= 11 is 0. The Labute approximate surface area is 158 Å². The summed E-state index contributed by atoms with van der Waals surface area (Å²) in [6.07, 6.45) is 3.68. The molecular weight excluding hydrogens is 338 g/mol. The van der Waals surface area contributed by atoms with Gasteiger partial charge in [-0.25, -0.2) is 4.98 Å². The third kappa shape index (κ3) is 3.36. The number of rotatable bonds is 3. The monoisotopic (exact) mass is 361 g/mol. The van der Waals surface area contributed by atoms with E-state index in [4.69, 9.17) is 0 Å². The van der Waals surface area contributed by atoms with Gasteiger partial charge in [0, 0.05) is 44.6 Å². The summed E-state index contributed by atoms with van der Waals surface area (Å²) in [4.78, 5) is 24.4. The third-order valence-electron chi connectivity index (χ3n) is 5.05. The smallest absolute Gasteiger partial charge is 0.256 e. The largest absolute Gasteiger partial charge is 0.336 e. The first-order chi connectivity index (χ1) is 13.1. The minimum Gasteiger partial charge on any atom is -0.336 e. The molecule has 1 amide bonds. The molecule has 27 heavy (non-hydrogen) atoms. The lowest BCUT2D eigenvalue weighted by Crippen LogP contribution is -2.49. The van der Waals surface area contributed by atoms with Crippen LogP contribution in [0.3, 0.4) is 0 Å².